The number of nitrogens with zero attached hydrogens (tertiary/aromatic N) is 3. The normalized spacial score (nSPS) is 10.7. The van der Waals surface area contributed by atoms with Gasteiger partial charge in [-0.1, -0.05) is 22.8 Å². The number of benzene rings is 1. The number of phenols is 1. The van der Waals surface area contributed by atoms with E-state index in [4.69, 9.17) is 16.1 Å². The highest BCUT2D eigenvalue weighted by Gasteiger charge is 2.19. The maximum Gasteiger partial charge on any atom is 0.265 e. The number of aromatic hydroxyl groups is 1. The molecule has 0 fully saturated rings. The molecule has 0 saturated heterocycles. The molecule has 3 aromatic rings. The first-order chi connectivity index (χ1) is 9.66. The first-order valence-electron chi connectivity index (χ1n) is 5.59. The molecule has 1 N–H and O–H groups in total. The minimum Gasteiger partial charge on any atom is -0.507 e. The third kappa shape index (κ3) is 2.10. The van der Waals surface area contributed by atoms with Crippen molar-refractivity contribution in [1.29, 1.82) is 0 Å². The molecular weight excluding hydrogens is 285 g/mol. The van der Waals surface area contributed by atoms with Gasteiger partial charge in [-0.05, 0) is 24.3 Å². The molecule has 2 heterocycles. The Morgan fingerprint density at radius 1 is 1.20 bits per heavy atom. The molecule has 0 atom stereocenters. The molecule has 0 aliphatic carbocycles. The van der Waals surface area contributed by atoms with E-state index in [9.17, 15) is 9.50 Å². The van der Waals surface area contributed by atoms with Crippen molar-refractivity contribution in [2.24, 2.45) is 0 Å². The summed E-state index contributed by atoms with van der Waals surface area (Å²) in [6.45, 7) is 0. The van der Waals surface area contributed by atoms with Crippen LogP contribution in [-0.2, 0) is 0 Å². The summed E-state index contributed by atoms with van der Waals surface area (Å²) in [7, 11) is 0. The van der Waals surface area contributed by atoms with Crippen molar-refractivity contribution < 1.29 is 14.0 Å². The molecular formula is C13H7ClFN3O2. The number of pyridine rings is 1. The van der Waals surface area contributed by atoms with Gasteiger partial charge in [-0.3, -0.25) is 4.98 Å². The van der Waals surface area contributed by atoms with E-state index in [0.717, 1.165) is 0 Å². The molecule has 0 aliphatic rings. The number of phenolic OH excluding ortho intramolecular Hbond substituents is 1. The fourth-order valence-corrected chi connectivity index (χ4v) is 1.90. The van der Waals surface area contributed by atoms with Gasteiger partial charge in [-0.2, -0.15) is 4.98 Å². The maximum atomic E-state index is 13.7. The van der Waals surface area contributed by atoms with Crippen LogP contribution in [-0.4, -0.2) is 20.2 Å². The smallest absolute Gasteiger partial charge is 0.265 e. The molecule has 20 heavy (non-hydrogen) atoms. The molecule has 0 radical (unpaired) electrons. The second-order valence-corrected chi connectivity index (χ2v) is 4.30. The van der Waals surface area contributed by atoms with Gasteiger partial charge in [0.25, 0.3) is 5.89 Å². The Morgan fingerprint density at radius 3 is 2.80 bits per heavy atom. The van der Waals surface area contributed by atoms with Crippen molar-refractivity contribution in [3.63, 3.8) is 0 Å². The number of hydrogen-bond donors (Lipinski definition) is 1. The van der Waals surface area contributed by atoms with Crippen LogP contribution in [0.5, 0.6) is 5.75 Å². The maximum absolute atomic E-state index is 13.7. The van der Waals surface area contributed by atoms with Crippen molar-refractivity contribution in [2.75, 3.05) is 0 Å². The highest BCUT2D eigenvalue weighted by Crippen LogP contribution is 2.32. The third-order valence-corrected chi connectivity index (χ3v) is 2.91. The zero-order valence-corrected chi connectivity index (χ0v) is 10.7. The molecule has 0 aliphatic heterocycles. The molecule has 2 aromatic heterocycles. The summed E-state index contributed by atoms with van der Waals surface area (Å²) in [5.74, 6) is -0.967. The molecule has 0 amide bonds. The minimum atomic E-state index is -0.660. The van der Waals surface area contributed by atoms with E-state index in [1.165, 1.54) is 24.4 Å². The Hall–Kier alpha value is -2.47. The standard InChI is InChI=1S/C13H7ClFN3O2/c14-7-3-2-6-16-11(7)12-17-13(20-18-12)10-8(15)4-1-5-9(10)19/h1-6,19H. The van der Waals surface area contributed by atoms with E-state index >= 15 is 0 Å². The van der Waals surface area contributed by atoms with Crippen LogP contribution >= 0.6 is 11.6 Å². The first kappa shape index (κ1) is 12.6. The number of aromatic nitrogens is 3. The first-order valence-corrected chi connectivity index (χ1v) is 5.97. The largest absolute Gasteiger partial charge is 0.507 e. The summed E-state index contributed by atoms with van der Waals surface area (Å²) >= 11 is 5.97. The van der Waals surface area contributed by atoms with Gasteiger partial charge in [0.2, 0.25) is 5.82 Å². The Labute approximate surface area is 117 Å². The monoisotopic (exact) mass is 291 g/mol. The topological polar surface area (TPSA) is 72.0 Å². The zero-order valence-electron chi connectivity index (χ0n) is 9.92. The van der Waals surface area contributed by atoms with Crippen LogP contribution in [0.25, 0.3) is 23.0 Å². The molecule has 0 saturated carbocycles. The highest BCUT2D eigenvalue weighted by molar-refractivity contribution is 6.32. The van der Waals surface area contributed by atoms with Crippen molar-refractivity contribution in [1.82, 2.24) is 15.1 Å². The predicted octanol–water partition coefficient (Wildman–Crippen LogP) is 3.30. The molecule has 0 spiro atoms. The van der Waals surface area contributed by atoms with Gasteiger partial charge in [0.15, 0.2) is 0 Å². The van der Waals surface area contributed by atoms with Gasteiger partial charge in [0.05, 0.1) is 5.02 Å². The van der Waals surface area contributed by atoms with Gasteiger partial charge in [0, 0.05) is 6.20 Å². The van der Waals surface area contributed by atoms with Crippen molar-refractivity contribution in [3.05, 3.63) is 47.4 Å². The summed E-state index contributed by atoms with van der Waals surface area (Å²) in [5.41, 5.74) is 0.165. The lowest BCUT2D eigenvalue weighted by Crippen LogP contribution is -1.88. The van der Waals surface area contributed by atoms with Crippen molar-refractivity contribution in [2.45, 2.75) is 0 Å². The summed E-state index contributed by atoms with van der Waals surface area (Å²) in [5, 5.41) is 13.7. The summed E-state index contributed by atoms with van der Waals surface area (Å²) in [6.07, 6.45) is 1.53. The molecule has 0 unspecified atom stereocenters. The van der Waals surface area contributed by atoms with Crippen LogP contribution < -0.4 is 0 Å². The van der Waals surface area contributed by atoms with Crippen molar-refractivity contribution >= 4 is 11.6 Å². The Bertz CT molecular complexity index is 756. The highest BCUT2D eigenvalue weighted by atomic mass is 35.5. The fraction of sp³-hybridized carbons (Fsp3) is 0. The molecule has 3 rings (SSSR count). The van der Waals surface area contributed by atoms with Crippen LogP contribution in [0.1, 0.15) is 0 Å². The third-order valence-electron chi connectivity index (χ3n) is 2.60. The average Bonchev–Trinajstić information content (AvgIpc) is 2.88. The van der Waals surface area contributed by atoms with Gasteiger partial charge >= 0.3 is 0 Å². The Morgan fingerprint density at radius 2 is 2.05 bits per heavy atom. The second-order valence-electron chi connectivity index (χ2n) is 3.89. The summed E-state index contributed by atoms with van der Waals surface area (Å²) in [4.78, 5) is 8.04. The molecule has 5 nitrogen and oxygen atoms in total. The summed E-state index contributed by atoms with van der Waals surface area (Å²) in [6, 6.07) is 7.18. The number of hydrogen-bond acceptors (Lipinski definition) is 5. The van der Waals surface area contributed by atoms with Gasteiger partial charge in [-0.25, -0.2) is 4.39 Å². The summed E-state index contributed by atoms with van der Waals surface area (Å²) < 4.78 is 18.7. The Kier molecular flexibility index (Phi) is 3.08. The number of rotatable bonds is 2. The van der Waals surface area contributed by atoms with Crippen LogP contribution in [0.3, 0.4) is 0 Å². The lowest BCUT2D eigenvalue weighted by Gasteiger charge is -1.99. The van der Waals surface area contributed by atoms with Crippen LogP contribution in [0.15, 0.2) is 41.1 Å². The van der Waals surface area contributed by atoms with E-state index in [-0.39, 0.29) is 23.0 Å². The molecule has 0 bridgehead atoms. The second kappa shape index (κ2) is 4.90. The Balaban J connectivity index is 2.10. The number of halogens is 2. The lowest BCUT2D eigenvalue weighted by molar-refractivity contribution is 0.421. The van der Waals surface area contributed by atoms with E-state index < -0.39 is 5.82 Å². The van der Waals surface area contributed by atoms with Gasteiger partial charge < -0.3 is 9.63 Å². The predicted molar refractivity (Wildman–Crippen MR) is 69.6 cm³/mol. The van der Waals surface area contributed by atoms with E-state index in [1.807, 2.05) is 0 Å². The lowest BCUT2D eigenvalue weighted by atomic mass is 10.2. The zero-order chi connectivity index (χ0) is 14.1. The molecule has 100 valence electrons. The fourth-order valence-electron chi connectivity index (χ4n) is 1.70. The molecule has 1 aromatic carbocycles. The average molecular weight is 292 g/mol. The van der Waals surface area contributed by atoms with Crippen LogP contribution in [0, 0.1) is 5.82 Å². The minimum absolute atomic E-state index is 0.119. The van der Waals surface area contributed by atoms with Crippen molar-refractivity contribution in [3.8, 4) is 28.7 Å². The SMILES string of the molecule is Oc1cccc(F)c1-c1nc(-c2ncccc2Cl)no1. The van der Waals surface area contributed by atoms with E-state index in [1.54, 1.807) is 12.1 Å². The molecule has 7 heteroatoms. The van der Waals surface area contributed by atoms with Gasteiger partial charge in [-0.15, -0.1) is 0 Å². The quantitative estimate of drug-likeness (QED) is 0.784. The van der Waals surface area contributed by atoms with Crippen LogP contribution in [0.4, 0.5) is 4.39 Å². The van der Waals surface area contributed by atoms with E-state index in [2.05, 4.69) is 15.1 Å². The van der Waals surface area contributed by atoms with Gasteiger partial charge in [0.1, 0.15) is 22.8 Å². The van der Waals surface area contributed by atoms with E-state index in [0.29, 0.717) is 10.7 Å². The van der Waals surface area contributed by atoms with Crippen LogP contribution in [0.2, 0.25) is 5.02 Å².